The van der Waals surface area contributed by atoms with Gasteiger partial charge in [0.2, 0.25) is 0 Å². The summed E-state index contributed by atoms with van der Waals surface area (Å²) in [5.41, 5.74) is 2.48. The molecular weight excluding hydrogens is 430 g/mol. The van der Waals surface area contributed by atoms with Gasteiger partial charge in [-0.25, -0.2) is 4.98 Å². The zero-order valence-electron chi connectivity index (χ0n) is 18.4. The number of amides is 1. The molecule has 0 spiro atoms. The molecule has 0 bridgehead atoms. The lowest BCUT2D eigenvalue weighted by molar-refractivity contribution is -0.385. The first-order valence-electron chi connectivity index (χ1n) is 10.2. The smallest absolute Gasteiger partial charge is 0.286 e. The summed E-state index contributed by atoms with van der Waals surface area (Å²) in [7, 11) is 1.41. The van der Waals surface area contributed by atoms with E-state index in [0.29, 0.717) is 11.7 Å². The van der Waals surface area contributed by atoms with E-state index in [2.05, 4.69) is 29.4 Å². The number of ether oxygens (including phenoxy) is 2. The van der Waals surface area contributed by atoms with E-state index >= 15 is 0 Å². The number of carbonyl (C=O) groups excluding carboxylic acids is 1. The number of nitro groups is 1. The fourth-order valence-corrected chi connectivity index (χ4v) is 4.14. The molecule has 1 amide bonds. The van der Waals surface area contributed by atoms with Crippen molar-refractivity contribution in [3.05, 3.63) is 62.5 Å². The van der Waals surface area contributed by atoms with E-state index in [-0.39, 0.29) is 22.7 Å². The maximum absolute atomic E-state index is 12.9. The lowest BCUT2D eigenvalue weighted by Gasteiger charge is -2.11. The van der Waals surface area contributed by atoms with Crippen LogP contribution in [0.1, 0.15) is 41.1 Å². The van der Waals surface area contributed by atoms with Crippen molar-refractivity contribution in [2.45, 2.75) is 33.6 Å². The van der Waals surface area contributed by atoms with Crippen molar-refractivity contribution < 1.29 is 19.2 Å². The Morgan fingerprint density at radius 1 is 1.19 bits per heavy atom. The van der Waals surface area contributed by atoms with Gasteiger partial charge in [0.15, 0.2) is 16.6 Å². The summed E-state index contributed by atoms with van der Waals surface area (Å²) in [5, 5.41) is 14.6. The quantitative estimate of drug-likeness (QED) is 0.331. The maximum atomic E-state index is 12.9. The van der Waals surface area contributed by atoms with Gasteiger partial charge in [-0.1, -0.05) is 37.6 Å². The number of aryl methyl sites for hydroxylation is 2. The number of anilines is 1. The molecule has 8 nitrogen and oxygen atoms in total. The summed E-state index contributed by atoms with van der Waals surface area (Å²) in [5.74, 6) is -0.195. The molecule has 0 atom stereocenters. The van der Waals surface area contributed by atoms with E-state index in [1.807, 2.05) is 19.1 Å². The number of nitrogens with zero attached hydrogens (tertiary/aromatic N) is 2. The second-order valence-electron chi connectivity index (χ2n) is 7.04. The Morgan fingerprint density at radius 2 is 1.91 bits per heavy atom. The topological polar surface area (TPSA) is 104 Å². The molecule has 3 aromatic rings. The van der Waals surface area contributed by atoms with Crippen molar-refractivity contribution >= 4 is 28.1 Å². The average molecular weight is 456 g/mol. The third-order valence-corrected chi connectivity index (χ3v) is 5.69. The molecule has 0 saturated carbocycles. The molecule has 1 aromatic heterocycles. The van der Waals surface area contributed by atoms with Crippen LogP contribution in [0.15, 0.2) is 36.4 Å². The van der Waals surface area contributed by atoms with Crippen LogP contribution >= 0.6 is 11.3 Å². The van der Waals surface area contributed by atoms with Crippen molar-refractivity contribution in [1.29, 1.82) is 0 Å². The number of hydrogen-bond acceptors (Lipinski definition) is 7. The van der Waals surface area contributed by atoms with Gasteiger partial charge in [0, 0.05) is 16.5 Å². The second-order valence-corrected chi connectivity index (χ2v) is 8.24. The monoisotopic (exact) mass is 455 g/mol. The molecule has 9 heteroatoms. The average Bonchev–Trinajstić information content (AvgIpc) is 3.14. The normalized spacial score (nSPS) is 10.6. The zero-order valence-corrected chi connectivity index (χ0v) is 19.2. The summed E-state index contributed by atoms with van der Waals surface area (Å²) in [4.78, 5) is 29.3. The lowest BCUT2D eigenvalue weighted by atomic mass is 10.1. The Kier molecular flexibility index (Phi) is 7.42. The lowest BCUT2D eigenvalue weighted by Crippen LogP contribution is -2.14. The fourth-order valence-electron chi connectivity index (χ4n) is 3.31. The Morgan fingerprint density at radius 3 is 2.50 bits per heavy atom. The van der Waals surface area contributed by atoms with Crippen LogP contribution in [-0.4, -0.2) is 29.5 Å². The van der Waals surface area contributed by atoms with Gasteiger partial charge in [0.1, 0.15) is 5.56 Å². The second kappa shape index (κ2) is 10.2. The first-order chi connectivity index (χ1) is 15.4. The summed E-state index contributed by atoms with van der Waals surface area (Å²) in [6.07, 6.45) is 2.09. The van der Waals surface area contributed by atoms with Crippen molar-refractivity contribution in [3.63, 3.8) is 0 Å². The van der Waals surface area contributed by atoms with E-state index in [1.54, 1.807) is 6.92 Å². The van der Waals surface area contributed by atoms with E-state index in [4.69, 9.17) is 9.47 Å². The van der Waals surface area contributed by atoms with E-state index < -0.39 is 10.8 Å². The minimum absolute atomic E-state index is 0.131. The van der Waals surface area contributed by atoms with Crippen molar-refractivity contribution in [1.82, 2.24) is 4.98 Å². The van der Waals surface area contributed by atoms with Crippen LogP contribution in [0.2, 0.25) is 0 Å². The third kappa shape index (κ3) is 5.05. The van der Waals surface area contributed by atoms with Crippen LogP contribution < -0.4 is 14.8 Å². The highest BCUT2D eigenvalue weighted by Gasteiger charge is 2.25. The molecule has 0 aliphatic carbocycles. The molecule has 0 aliphatic rings. The number of carbonyl (C=O) groups is 1. The number of thiazole rings is 1. The van der Waals surface area contributed by atoms with Crippen LogP contribution in [0.5, 0.6) is 11.5 Å². The Balaban J connectivity index is 1.89. The van der Waals surface area contributed by atoms with E-state index in [9.17, 15) is 14.9 Å². The van der Waals surface area contributed by atoms with Crippen LogP contribution in [0.3, 0.4) is 0 Å². The first kappa shape index (κ1) is 23.2. The van der Waals surface area contributed by atoms with Gasteiger partial charge in [0.25, 0.3) is 11.6 Å². The molecule has 0 radical (unpaired) electrons. The van der Waals surface area contributed by atoms with E-state index in [1.165, 1.54) is 36.1 Å². The number of methoxy groups -OCH3 is 1. The Bertz CT molecular complexity index is 1130. The molecule has 0 fully saturated rings. The Labute approximate surface area is 190 Å². The first-order valence-corrected chi connectivity index (χ1v) is 11.1. The van der Waals surface area contributed by atoms with Gasteiger partial charge < -0.3 is 9.47 Å². The molecular formula is C23H25N3O5S. The predicted molar refractivity (Wildman–Crippen MR) is 125 cm³/mol. The van der Waals surface area contributed by atoms with Gasteiger partial charge >= 0.3 is 0 Å². The van der Waals surface area contributed by atoms with Gasteiger partial charge in [0.05, 0.1) is 30.4 Å². The van der Waals surface area contributed by atoms with Gasteiger partial charge in [-0.05, 0) is 25.8 Å². The third-order valence-electron chi connectivity index (χ3n) is 4.81. The minimum atomic E-state index is -0.642. The Hall–Kier alpha value is -3.46. The van der Waals surface area contributed by atoms with Crippen LogP contribution in [0.25, 0.3) is 11.3 Å². The highest BCUT2D eigenvalue weighted by Crippen LogP contribution is 2.36. The number of hydrogen-bond donors (Lipinski definition) is 1. The molecule has 0 saturated heterocycles. The van der Waals surface area contributed by atoms with Crippen molar-refractivity contribution in [2.75, 3.05) is 19.0 Å². The number of nitro benzene ring substituents is 1. The fraction of sp³-hybridized carbons (Fsp3) is 0.304. The molecule has 3 rings (SSSR count). The summed E-state index contributed by atoms with van der Waals surface area (Å²) in [6, 6.07) is 10.7. The predicted octanol–water partition coefficient (Wildman–Crippen LogP) is 5.64. The van der Waals surface area contributed by atoms with E-state index in [0.717, 1.165) is 29.0 Å². The highest BCUT2D eigenvalue weighted by atomic mass is 32.1. The number of benzene rings is 2. The minimum Gasteiger partial charge on any atom is -0.493 e. The molecule has 32 heavy (non-hydrogen) atoms. The molecule has 2 aromatic carbocycles. The summed E-state index contributed by atoms with van der Waals surface area (Å²) >= 11 is 1.31. The number of nitrogens with one attached hydrogen (secondary N) is 1. The summed E-state index contributed by atoms with van der Waals surface area (Å²) in [6.45, 7) is 6.12. The molecule has 1 N–H and O–H groups in total. The molecule has 1 heterocycles. The van der Waals surface area contributed by atoms with Crippen molar-refractivity contribution in [2.24, 2.45) is 0 Å². The van der Waals surface area contributed by atoms with Gasteiger partial charge in [-0.3, -0.25) is 20.2 Å². The summed E-state index contributed by atoms with van der Waals surface area (Å²) < 4.78 is 10.6. The van der Waals surface area contributed by atoms with Crippen LogP contribution in [-0.2, 0) is 6.42 Å². The zero-order chi connectivity index (χ0) is 23.3. The highest BCUT2D eigenvalue weighted by molar-refractivity contribution is 7.16. The SMILES string of the molecule is CCCc1ccc(-c2nc(NC(=O)c3cc(OC)c(OCC)cc3[N+](=O)[O-])sc2C)cc1. The molecule has 168 valence electrons. The van der Waals surface area contributed by atoms with Crippen LogP contribution in [0, 0.1) is 17.0 Å². The van der Waals surface area contributed by atoms with Gasteiger partial charge in [-0.15, -0.1) is 11.3 Å². The van der Waals surface area contributed by atoms with Gasteiger partial charge in [-0.2, -0.15) is 0 Å². The number of aromatic nitrogens is 1. The van der Waals surface area contributed by atoms with Crippen LogP contribution in [0.4, 0.5) is 10.8 Å². The van der Waals surface area contributed by atoms with Crippen molar-refractivity contribution in [3.8, 4) is 22.8 Å². The molecule has 0 aliphatic heterocycles. The standard InChI is InChI=1S/C23H25N3O5S/c1-5-7-15-8-10-16(11-9-15)21-14(3)32-23(24-21)25-22(27)17-12-19(30-4)20(31-6-2)13-18(17)26(28)29/h8-13H,5-7H2,1-4H3,(H,24,25,27). The number of rotatable bonds is 9. The maximum Gasteiger partial charge on any atom is 0.286 e. The molecule has 0 unspecified atom stereocenters. The largest absolute Gasteiger partial charge is 0.493 e.